The maximum atomic E-state index is 12.5. The molecule has 0 bridgehead atoms. The first kappa shape index (κ1) is 20.8. The van der Waals surface area contributed by atoms with E-state index in [9.17, 15) is 4.79 Å². The van der Waals surface area contributed by atoms with Crippen molar-refractivity contribution in [3.05, 3.63) is 66.6 Å². The highest BCUT2D eigenvalue weighted by molar-refractivity contribution is 5.92. The van der Waals surface area contributed by atoms with Crippen molar-refractivity contribution in [3.63, 3.8) is 0 Å². The second-order valence-corrected chi connectivity index (χ2v) is 8.02. The van der Waals surface area contributed by atoms with Crippen LogP contribution in [0.5, 0.6) is 0 Å². The van der Waals surface area contributed by atoms with Crippen molar-refractivity contribution in [2.45, 2.75) is 18.9 Å². The van der Waals surface area contributed by atoms with Crippen LogP contribution in [0, 0.1) is 0 Å². The van der Waals surface area contributed by atoms with Gasteiger partial charge in [-0.1, -0.05) is 12.1 Å². The third kappa shape index (κ3) is 4.88. The number of nitrogens with zero attached hydrogens (tertiary/aromatic N) is 4. The van der Waals surface area contributed by atoms with Gasteiger partial charge in [0.1, 0.15) is 11.6 Å². The Morgan fingerprint density at radius 3 is 2.82 bits per heavy atom. The van der Waals surface area contributed by atoms with Gasteiger partial charge >= 0.3 is 0 Å². The zero-order valence-corrected chi connectivity index (χ0v) is 18.0. The molecular formula is C24H24N8O. The topological polar surface area (TPSA) is 131 Å². The average Bonchev–Trinajstić information content (AvgIpc) is 3.34. The van der Waals surface area contributed by atoms with Crippen LogP contribution in [0.3, 0.4) is 0 Å². The van der Waals surface area contributed by atoms with E-state index in [2.05, 4.69) is 25.9 Å². The summed E-state index contributed by atoms with van der Waals surface area (Å²) in [6.07, 6.45) is 6.37. The minimum absolute atomic E-state index is 0.163. The highest BCUT2D eigenvalue weighted by Gasteiger charge is 2.17. The molecular weight excluding hydrogens is 416 g/mol. The molecule has 5 N–H and O–H groups in total. The van der Waals surface area contributed by atoms with E-state index >= 15 is 0 Å². The van der Waals surface area contributed by atoms with Crippen LogP contribution in [0.4, 0.5) is 17.3 Å². The predicted octanol–water partition coefficient (Wildman–Crippen LogP) is 2.62. The van der Waals surface area contributed by atoms with Crippen LogP contribution >= 0.6 is 0 Å². The summed E-state index contributed by atoms with van der Waals surface area (Å²) in [6, 6.07) is 13.1. The van der Waals surface area contributed by atoms with Crippen LogP contribution in [0.25, 0.3) is 22.3 Å². The van der Waals surface area contributed by atoms with Crippen LogP contribution in [-0.4, -0.2) is 45.0 Å². The molecule has 0 aliphatic carbocycles. The van der Waals surface area contributed by atoms with Gasteiger partial charge in [-0.2, -0.15) is 0 Å². The summed E-state index contributed by atoms with van der Waals surface area (Å²) >= 11 is 0. The van der Waals surface area contributed by atoms with Crippen molar-refractivity contribution in [1.82, 2.24) is 25.3 Å². The molecule has 1 unspecified atom stereocenters. The number of fused-ring (bicyclic) bond motifs is 1. The molecule has 3 aromatic heterocycles. The van der Waals surface area contributed by atoms with E-state index in [4.69, 9.17) is 15.7 Å². The first-order chi connectivity index (χ1) is 16.1. The van der Waals surface area contributed by atoms with Gasteiger partial charge in [-0.25, -0.2) is 15.0 Å². The third-order valence-electron chi connectivity index (χ3n) is 5.53. The minimum atomic E-state index is -0.163. The number of aromatic nitrogens is 4. The van der Waals surface area contributed by atoms with Gasteiger partial charge in [-0.15, -0.1) is 0 Å². The lowest BCUT2D eigenvalue weighted by molar-refractivity contribution is -0.115. The van der Waals surface area contributed by atoms with Gasteiger partial charge in [0.2, 0.25) is 5.91 Å². The quantitative estimate of drug-likeness (QED) is 0.337. The zero-order chi connectivity index (χ0) is 22.6. The molecule has 9 nitrogen and oxygen atoms in total. The normalized spacial score (nSPS) is 15.5. The Balaban J connectivity index is 1.40. The number of pyridine rings is 2. The Labute approximate surface area is 190 Å². The summed E-state index contributed by atoms with van der Waals surface area (Å²) < 4.78 is 0. The fourth-order valence-corrected chi connectivity index (χ4v) is 3.84. The molecule has 33 heavy (non-hydrogen) atoms. The molecule has 0 spiro atoms. The maximum Gasteiger partial charge on any atom is 0.229 e. The zero-order valence-electron chi connectivity index (χ0n) is 18.0. The second kappa shape index (κ2) is 9.17. The lowest BCUT2D eigenvalue weighted by Gasteiger charge is -2.15. The number of benzene rings is 1. The van der Waals surface area contributed by atoms with Crippen molar-refractivity contribution < 1.29 is 4.79 Å². The van der Waals surface area contributed by atoms with E-state index < -0.39 is 0 Å². The molecule has 166 valence electrons. The fourth-order valence-electron chi connectivity index (χ4n) is 3.84. The number of nitrogens with two attached hydrogens (primary N) is 1. The van der Waals surface area contributed by atoms with Crippen molar-refractivity contribution in [2.75, 3.05) is 29.5 Å². The molecule has 0 radical (unpaired) electrons. The molecule has 1 atom stereocenters. The molecule has 4 heterocycles. The summed E-state index contributed by atoms with van der Waals surface area (Å²) in [5, 5.41) is 10.7. The number of carbonyl (C=O) groups excluding carboxylic acids is 1. The predicted molar refractivity (Wildman–Crippen MR) is 129 cm³/mol. The summed E-state index contributed by atoms with van der Waals surface area (Å²) in [6.45, 7) is 1.88. The van der Waals surface area contributed by atoms with Crippen LogP contribution in [0.1, 0.15) is 12.0 Å². The number of nitrogens with one attached hydrogen (secondary N) is 3. The van der Waals surface area contributed by atoms with E-state index in [1.807, 2.05) is 24.3 Å². The molecule has 1 fully saturated rings. The van der Waals surface area contributed by atoms with Crippen molar-refractivity contribution >= 4 is 34.1 Å². The molecule has 1 aliphatic rings. The standard InChI is InChI=1S/C24H24N8O/c25-17-3-1-15(2-4-17)11-22(33)31-21-12-16(5-10-28-21)23-30-20-14-27-9-7-19(20)24(32-23)29-18-6-8-26-13-18/h1-5,7,9-10,12,14,18,26H,6,8,11,13,25H2,(H,28,31,33)(H,29,30,32). The molecule has 0 saturated carbocycles. The number of rotatable bonds is 6. The van der Waals surface area contributed by atoms with Gasteiger partial charge in [0.15, 0.2) is 5.82 Å². The van der Waals surface area contributed by atoms with Crippen molar-refractivity contribution in [2.24, 2.45) is 0 Å². The second-order valence-electron chi connectivity index (χ2n) is 8.02. The summed E-state index contributed by atoms with van der Waals surface area (Å²) in [4.78, 5) is 30.5. The van der Waals surface area contributed by atoms with Crippen LogP contribution < -0.4 is 21.7 Å². The van der Waals surface area contributed by atoms with Crippen LogP contribution in [-0.2, 0) is 11.2 Å². The van der Waals surface area contributed by atoms with Gasteiger partial charge in [0.25, 0.3) is 0 Å². The monoisotopic (exact) mass is 440 g/mol. The molecule has 9 heteroatoms. The maximum absolute atomic E-state index is 12.5. The highest BCUT2D eigenvalue weighted by atomic mass is 16.1. The fraction of sp³-hybridized carbons (Fsp3) is 0.208. The van der Waals surface area contributed by atoms with Crippen molar-refractivity contribution in [3.8, 4) is 11.4 Å². The average molecular weight is 441 g/mol. The van der Waals surface area contributed by atoms with Gasteiger partial charge in [0, 0.05) is 41.6 Å². The molecule has 1 aliphatic heterocycles. The number of carbonyl (C=O) groups is 1. The number of hydrogen-bond acceptors (Lipinski definition) is 8. The highest BCUT2D eigenvalue weighted by Crippen LogP contribution is 2.26. The van der Waals surface area contributed by atoms with E-state index in [0.717, 1.165) is 47.4 Å². The Kier molecular flexibility index (Phi) is 5.77. The lowest BCUT2D eigenvalue weighted by Crippen LogP contribution is -2.23. The third-order valence-corrected chi connectivity index (χ3v) is 5.53. The number of nitrogen functional groups attached to an aromatic ring is 1. The minimum Gasteiger partial charge on any atom is -0.399 e. The Morgan fingerprint density at radius 2 is 2.00 bits per heavy atom. The Morgan fingerprint density at radius 1 is 1.12 bits per heavy atom. The van der Waals surface area contributed by atoms with Crippen LogP contribution in [0.15, 0.2) is 61.1 Å². The number of anilines is 3. The van der Waals surface area contributed by atoms with Gasteiger partial charge < -0.3 is 21.7 Å². The van der Waals surface area contributed by atoms with E-state index in [1.54, 1.807) is 36.8 Å². The smallest absolute Gasteiger partial charge is 0.229 e. The van der Waals surface area contributed by atoms with Gasteiger partial charge in [0.05, 0.1) is 18.1 Å². The first-order valence-electron chi connectivity index (χ1n) is 10.8. The van der Waals surface area contributed by atoms with Gasteiger partial charge in [-0.3, -0.25) is 9.78 Å². The summed E-state index contributed by atoms with van der Waals surface area (Å²) in [5.74, 6) is 1.60. The number of amides is 1. The SMILES string of the molecule is Nc1ccc(CC(=O)Nc2cc(-c3nc(NC4CCNC4)c4ccncc4n3)ccn2)cc1. The van der Waals surface area contributed by atoms with Gasteiger partial charge in [-0.05, 0) is 48.9 Å². The summed E-state index contributed by atoms with van der Waals surface area (Å²) in [5.41, 5.74) is 8.76. The van der Waals surface area contributed by atoms with Crippen molar-refractivity contribution in [1.29, 1.82) is 0 Å². The Bertz CT molecular complexity index is 1290. The lowest BCUT2D eigenvalue weighted by atomic mass is 10.1. The van der Waals surface area contributed by atoms with E-state index in [0.29, 0.717) is 23.4 Å². The van der Waals surface area contributed by atoms with E-state index in [1.165, 1.54) is 0 Å². The van der Waals surface area contributed by atoms with E-state index in [-0.39, 0.29) is 12.3 Å². The first-order valence-corrected chi connectivity index (χ1v) is 10.8. The molecule has 5 rings (SSSR count). The Hall–Kier alpha value is -4.11. The summed E-state index contributed by atoms with van der Waals surface area (Å²) in [7, 11) is 0. The molecule has 1 saturated heterocycles. The molecule has 1 amide bonds. The molecule has 1 aromatic carbocycles. The van der Waals surface area contributed by atoms with Crippen LogP contribution in [0.2, 0.25) is 0 Å². The largest absolute Gasteiger partial charge is 0.399 e. The number of hydrogen-bond donors (Lipinski definition) is 4. The molecule has 4 aromatic rings.